The average molecular weight is 414 g/mol. The van der Waals surface area contributed by atoms with Crippen LogP contribution in [0.25, 0.3) is 10.2 Å². The predicted octanol–water partition coefficient (Wildman–Crippen LogP) is 3.93. The van der Waals surface area contributed by atoms with Crippen LogP contribution in [-0.2, 0) is 13.6 Å². The van der Waals surface area contributed by atoms with E-state index in [2.05, 4.69) is 15.1 Å². The zero-order valence-electron chi connectivity index (χ0n) is 15.2. The fourth-order valence-corrected chi connectivity index (χ4v) is 4.02. The van der Waals surface area contributed by atoms with E-state index < -0.39 is 0 Å². The van der Waals surface area contributed by atoms with Crippen molar-refractivity contribution in [2.75, 3.05) is 12.0 Å². The summed E-state index contributed by atoms with van der Waals surface area (Å²) in [6, 6.07) is 10.8. The Hall–Kier alpha value is -2.97. The van der Waals surface area contributed by atoms with Gasteiger partial charge in [0.15, 0.2) is 10.8 Å². The molecule has 1 aromatic carbocycles. The van der Waals surface area contributed by atoms with Gasteiger partial charge in [0.25, 0.3) is 5.91 Å². The zero-order valence-corrected chi connectivity index (χ0v) is 16.7. The van der Waals surface area contributed by atoms with Crippen molar-refractivity contribution in [3.8, 4) is 5.75 Å². The number of thiazole rings is 1. The molecule has 3 aromatic heterocycles. The second-order valence-corrected chi connectivity index (χ2v) is 7.40. The minimum Gasteiger partial charge on any atom is -0.494 e. The Morgan fingerprint density at radius 2 is 2.14 bits per heavy atom. The zero-order chi connectivity index (χ0) is 19.7. The van der Waals surface area contributed by atoms with Crippen molar-refractivity contribution in [1.82, 2.24) is 19.7 Å². The van der Waals surface area contributed by atoms with Crippen molar-refractivity contribution in [2.45, 2.75) is 6.54 Å². The number of nitrogens with zero attached hydrogens (tertiary/aromatic N) is 5. The number of anilines is 1. The van der Waals surface area contributed by atoms with Gasteiger partial charge in [-0.25, -0.2) is 4.98 Å². The van der Waals surface area contributed by atoms with Crippen LogP contribution in [0.1, 0.15) is 16.2 Å². The van der Waals surface area contributed by atoms with Crippen LogP contribution >= 0.6 is 22.9 Å². The first-order valence-electron chi connectivity index (χ1n) is 8.41. The molecule has 0 aliphatic heterocycles. The highest BCUT2D eigenvalue weighted by molar-refractivity contribution is 7.23. The SMILES string of the molecule is COc1ccc(Cl)c2sc(N(Cc3ccccn3)C(=O)c3ccn(C)n3)nc12. The number of amides is 1. The maximum Gasteiger partial charge on any atom is 0.280 e. The van der Waals surface area contributed by atoms with Gasteiger partial charge in [-0.2, -0.15) is 5.10 Å². The highest BCUT2D eigenvalue weighted by Crippen LogP contribution is 2.39. The van der Waals surface area contributed by atoms with E-state index in [4.69, 9.17) is 16.3 Å². The first-order valence-corrected chi connectivity index (χ1v) is 9.60. The molecule has 28 heavy (non-hydrogen) atoms. The van der Waals surface area contributed by atoms with E-state index in [1.54, 1.807) is 54.3 Å². The summed E-state index contributed by atoms with van der Waals surface area (Å²) in [6.45, 7) is 0.260. The van der Waals surface area contributed by atoms with E-state index in [9.17, 15) is 4.79 Å². The molecule has 9 heteroatoms. The minimum absolute atomic E-state index is 0.260. The van der Waals surface area contributed by atoms with Crippen molar-refractivity contribution < 1.29 is 9.53 Å². The van der Waals surface area contributed by atoms with Crippen LogP contribution in [0.3, 0.4) is 0 Å². The number of benzene rings is 1. The lowest BCUT2D eigenvalue weighted by Crippen LogP contribution is -2.31. The molecule has 0 saturated heterocycles. The molecule has 3 heterocycles. The summed E-state index contributed by atoms with van der Waals surface area (Å²) >= 11 is 7.68. The first-order chi connectivity index (χ1) is 13.6. The normalized spacial score (nSPS) is 11.0. The summed E-state index contributed by atoms with van der Waals surface area (Å²) in [5.41, 5.74) is 1.69. The predicted molar refractivity (Wildman–Crippen MR) is 109 cm³/mol. The number of hydrogen-bond acceptors (Lipinski definition) is 6. The number of halogens is 1. The van der Waals surface area contributed by atoms with Crippen LogP contribution in [-0.4, -0.2) is 32.8 Å². The Balaban J connectivity index is 1.82. The summed E-state index contributed by atoms with van der Waals surface area (Å²) < 4.78 is 7.74. The Morgan fingerprint density at radius 1 is 1.29 bits per heavy atom. The molecular formula is C19H16ClN5O2S. The van der Waals surface area contributed by atoms with E-state index in [-0.39, 0.29) is 12.5 Å². The van der Waals surface area contributed by atoms with Gasteiger partial charge in [-0.3, -0.25) is 19.4 Å². The molecule has 0 unspecified atom stereocenters. The van der Waals surface area contributed by atoms with E-state index in [1.807, 2.05) is 18.2 Å². The summed E-state index contributed by atoms with van der Waals surface area (Å²) in [4.78, 5) is 23.7. The lowest BCUT2D eigenvalue weighted by Gasteiger charge is -2.18. The van der Waals surface area contributed by atoms with Crippen molar-refractivity contribution in [3.05, 3.63) is 65.2 Å². The molecule has 1 amide bonds. The largest absolute Gasteiger partial charge is 0.494 e. The quantitative estimate of drug-likeness (QED) is 0.495. The maximum atomic E-state index is 13.2. The highest BCUT2D eigenvalue weighted by Gasteiger charge is 2.25. The number of rotatable bonds is 5. The van der Waals surface area contributed by atoms with Gasteiger partial charge in [0, 0.05) is 19.4 Å². The number of methoxy groups -OCH3 is 1. The fourth-order valence-electron chi connectivity index (χ4n) is 2.77. The number of carbonyl (C=O) groups is 1. The van der Waals surface area contributed by atoms with Gasteiger partial charge < -0.3 is 4.74 Å². The Labute approximate surface area is 170 Å². The molecule has 0 aliphatic rings. The molecule has 0 N–H and O–H groups in total. The molecule has 0 saturated carbocycles. The molecule has 0 aliphatic carbocycles. The van der Waals surface area contributed by atoms with E-state index in [0.29, 0.717) is 27.1 Å². The third-order valence-corrected chi connectivity index (χ3v) is 5.66. The lowest BCUT2D eigenvalue weighted by molar-refractivity contribution is 0.0979. The lowest BCUT2D eigenvalue weighted by atomic mass is 10.3. The van der Waals surface area contributed by atoms with Crippen molar-refractivity contribution in [2.24, 2.45) is 7.05 Å². The highest BCUT2D eigenvalue weighted by atomic mass is 35.5. The molecule has 4 aromatic rings. The van der Waals surface area contributed by atoms with Crippen molar-refractivity contribution in [1.29, 1.82) is 0 Å². The van der Waals surface area contributed by atoms with Gasteiger partial charge in [-0.15, -0.1) is 0 Å². The molecule has 0 spiro atoms. The fraction of sp³-hybridized carbons (Fsp3) is 0.158. The third-order valence-electron chi connectivity index (χ3n) is 4.12. The summed E-state index contributed by atoms with van der Waals surface area (Å²) in [5, 5.41) is 5.30. The number of fused-ring (bicyclic) bond motifs is 1. The Kier molecular flexibility index (Phi) is 4.97. The molecule has 142 valence electrons. The molecule has 4 rings (SSSR count). The standard InChI is InChI=1S/C19H16ClN5O2S/c1-24-10-8-14(23-24)18(26)25(11-12-5-3-4-9-21-12)19-22-16-15(27-2)7-6-13(20)17(16)28-19/h3-10H,11H2,1-2H3. The number of aromatic nitrogens is 4. The summed E-state index contributed by atoms with van der Waals surface area (Å²) in [6.07, 6.45) is 3.42. The molecule has 7 nitrogen and oxygen atoms in total. The minimum atomic E-state index is -0.264. The van der Waals surface area contributed by atoms with Gasteiger partial charge in [-0.05, 0) is 30.3 Å². The van der Waals surface area contributed by atoms with Crippen LogP contribution in [0.5, 0.6) is 5.75 Å². The summed E-state index contributed by atoms with van der Waals surface area (Å²) in [5.74, 6) is 0.338. The topological polar surface area (TPSA) is 73.1 Å². The monoisotopic (exact) mass is 413 g/mol. The number of ether oxygens (including phenoxy) is 1. The molecule has 0 bridgehead atoms. The Morgan fingerprint density at radius 3 is 2.82 bits per heavy atom. The van der Waals surface area contributed by atoms with Gasteiger partial charge >= 0.3 is 0 Å². The molecule has 0 atom stereocenters. The third kappa shape index (κ3) is 3.44. The maximum absolute atomic E-state index is 13.2. The van der Waals surface area contributed by atoms with Crippen LogP contribution in [0.4, 0.5) is 5.13 Å². The van der Waals surface area contributed by atoms with Gasteiger partial charge in [0.05, 0.1) is 29.1 Å². The first kappa shape index (κ1) is 18.4. The molecular weight excluding hydrogens is 398 g/mol. The smallest absolute Gasteiger partial charge is 0.280 e. The number of pyridine rings is 1. The van der Waals surface area contributed by atoms with E-state index >= 15 is 0 Å². The summed E-state index contributed by atoms with van der Waals surface area (Å²) in [7, 11) is 3.34. The average Bonchev–Trinajstić information content (AvgIpc) is 3.34. The molecule has 0 radical (unpaired) electrons. The van der Waals surface area contributed by atoms with Gasteiger partial charge in [0.2, 0.25) is 0 Å². The molecule has 0 fully saturated rings. The van der Waals surface area contributed by atoms with E-state index in [1.165, 1.54) is 11.3 Å². The van der Waals surface area contributed by atoms with Gasteiger partial charge in [-0.1, -0.05) is 29.0 Å². The number of aryl methyl sites for hydroxylation is 1. The van der Waals surface area contributed by atoms with Crippen molar-refractivity contribution >= 4 is 44.2 Å². The van der Waals surface area contributed by atoms with Crippen LogP contribution in [0.2, 0.25) is 5.02 Å². The second kappa shape index (κ2) is 7.57. The van der Waals surface area contributed by atoms with Crippen LogP contribution < -0.4 is 9.64 Å². The Bertz CT molecular complexity index is 1140. The number of carbonyl (C=O) groups excluding carboxylic acids is 1. The van der Waals surface area contributed by atoms with Crippen molar-refractivity contribution in [3.63, 3.8) is 0 Å². The number of hydrogen-bond donors (Lipinski definition) is 0. The second-order valence-electron chi connectivity index (χ2n) is 6.01. The van der Waals surface area contributed by atoms with E-state index in [0.717, 1.165) is 10.4 Å². The van der Waals surface area contributed by atoms with Crippen LogP contribution in [0, 0.1) is 0 Å². The van der Waals surface area contributed by atoms with Gasteiger partial charge in [0.1, 0.15) is 11.3 Å². The van der Waals surface area contributed by atoms with Crippen LogP contribution in [0.15, 0.2) is 48.8 Å².